The van der Waals surface area contributed by atoms with Crippen molar-refractivity contribution in [2.45, 2.75) is 98.1 Å². The Morgan fingerprint density at radius 3 is 1.43 bits per heavy atom. The molecule has 3 atom stereocenters. The van der Waals surface area contributed by atoms with Crippen molar-refractivity contribution in [2.75, 3.05) is 25.7 Å². The van der Waals surface area contributed by atoms with Crippen molar-refractivity contribution in [2.24, 2.45) is 0 Å². The molecule has 0 unspecified atom stereocenters. The van der Waals surface area contributed by atoms with E-state index in [-0.39, 0.29) is 31.4 Å². The molecule has 0 aliphatic heterocycles. The number of ether oxygens (including phenoxy) is 2. The Morgan fingerprint density at radius 1 is 0.620 bits per heavy atom. The standard InChI is InChI=1S/C64H70N4O9S2/c1-61(2,3)77-56(71)40-39-53(65-55(70)44-52(69)38-24-25-43-78-63(46-26-12-6-13-27-46,47-28-14-7-15-29-47)48-30-16-8-17-31-48)57(72)66-54(58(73)67-62(41-42-62)59(74)68(4)60(75)76-5)45-79-64(49-32-18-9-19-33-49,50-34-20-10-21-35-50)51-36-22-11-23-37-51/h6-24,26-38,52-54,69H,25,39-45H2,1-5H3,(H,65,70)(H,66,72)(H,67,73)/t52-,53-,54-/m1/s1. The van der Waals surface area contributed by atoms with Crippen molar-refractivity contribution in [3.8, 4) is 0 Å². The molecule has 0 saturated heterocycles. The van der Waals surface area contributed by atoms with Crippen LogP contribution in [-0.4, -0.2) is 101 Å². The second-order valence-electron chi connectivity index (χ2n) is 20.4. The number of nitrogens with one attached hydrogen (secondary N) is 3. The van der Waals surface area contributed by atoms with E-state index in [1.165, 1.54) is 18.8 Å². The predicted octanol–water partition coefficient (Wildman–Crippen LogP) is 10.1. The number of hydrogen-bond donors (Lipinski definition) is 4. The van der Waals surface area contributed by atoms with Crippen molar-refractivity contribution in [1.29, 1.82) is 0 Å². The van der Waals surface area contributed by atoms with Gasteiger partial charge in [0.2, 0.25) is 17.7 Å². The molecule has 13 nitrogen and oxygen atoms in total. The number of aliphatic hydroxyl groups excluding tert-OH is 1. The Labute approximate surface area is 472 Å². The zero-order valence-electron chi connectivity index (χ0n) is 45.3. The normalized spacial score (nSPS) is 14.2. The van der Waals surface area contributed by atoms with Gasteiger partial charge in [-0.1, -0.05) is 194 Å². The highest BCUT2D eigenvalue weighted by atomic mass is 32.2. The molecule has 0 bridgehead atoms. The molecular formula is C64H70N4O9S2. The molecule has 4 N–H and O–H groups in total. The van der Waals surface area contributed by atoms with Gasteiger partial charge in [-0.3, -0.25) is 24.0 Å². The number of esters is 1. The summed E-state index contributed by atoms with van der Waals surface area (Å²) < 4.78 is 8.91. The van der Waals surface area contributed by atoms with E-state index in [1.807, 2.05) is 152 Å². The van der Waals surface area contributed by atoms with Gasteiger partial charge in [0.1, 0.15) is 23.2 Å². The summed E-state index contributed by atoms with van der Waals surface area (Å²) in [5.41, 5.74) is 3.78. The Morgan fingerprint density at radius 2 is 1.04 bits per heavy atom. The molecule has 6 aromatic carbocycles. The smallest absolute Gasteiger partial charge is 0.416 e. The topological polar surface area (TPSA) is 180 Å². The minimum Gasteiger partial charge on any atom is -0.460 e. The summed E-state index contributed by atoms with van der Waals surface area (Å²) in [6.07, 6.45) is 1.41. The number of methoxy groups -OCH3 is 1. The van der Waals surface area contributed by atoms with E-state index in [1.54, 1.807) is 38.6 Å². The van der Waals surface area contributed by atoms with Crippen LogP contribution in [0.3, 0.4) is 0 Å². The summed E-state index contributed by atoms with van der Waals surface area (Å²) >= 11 is 3.17. The fourth-order valence-corrected chi connectivity index (χ4v) is 12.6. The van der Waals surface area contributed by atoms with Crippen molar-refractivity contribution >= 4 is 59.2 Å². The monoisotopic (exact) mass is 1100 g/mol. The van der Waals surface area contributed by atoms with Gasteiger partial charge in [-0.15, -0.1) is 23.5 Å². The van der Waals surface area contributed by atoms with Crippen LogP contribution < -0.4 is 16.0 Å². The van der Waals surface area contributed by atoms with Gasteiger partial charge in [0.25, 0.3) is 5.91 Å². The van der Waals surface area contributed by atoms with E-state index in [9.17, 15) is 33.9 Å². The minimum absolute atomic E-state index is 0.0644. The highest BCUT2D eigenvalue weighted by Crippen LogP contribution is 2.50. The summed E-state index contributed by atoms with van der Waals surface area (Å²) in [6.45, 7) is 5.16. The molecule has 1 aliphatic rings. The highest BCUT2D eigenvalue weighted by Gasteiger charge is 2.54. The summed E-state index contributed by atoms with van der Waals surface area (Å²) in [4.78, 5) is 83.8. The van der Waals surface area contributed by atoms with Gasteiger partial charge < -0.3 is 30.5 Å². The lowest BCUT2D eigenvalue weighted by Crippen LogP contribution is -2.59. The van der Waals surface area contributed by atoms with Crippen LogP contribution in [0.5, 0.6) is 0 Å². The van der Waals surface area contributed by atoms with Gasteiger partial charge in [-0.2, -0.15) is 0 Å². The van der Waals surface area contributed by atoms with Crippen molar-refractivity contribution in [1.82, 2.24) is 20.9 Å². The molecule has 5 amide bonds. The number of nitrogens with zero attached hydrogens (tertiary/aromatic N) is 1. The Hall–Kier alpha value is -7.46. The van der Waals surface area contributed by atoms with E-state index >= 15 is 0 Å². The second kappa shape index (κ2) is 27.4. The molecule has 79 heavy (non-hydrogen) atoms. The number of likely N-dealkylation sites (N-methyl/N-ethyl adjacent to an activating group) is 1. The van der Waals surface area contributed by atoms with Gasteiger partial charge in [0.05, 0.1) is 29.1 Å². The van der Waals surface area contributed by atoms with Crippen LogP contribution in [0.2, 0.25) is 0 Å². The molecule has 1 saturated carbocycles. The zero-order valence-corrected chi connectivity index (χ0v) is 47.0. The third-order valence-electron chi connectivity index (χ3n) is 13.5. The number of thioether (sulfide) groups is 2. The third kappa shape index (κ3) is 15.2. The van der Waals surface area contributed by atoms with Crippen molar-refractivity contribution in [3.63, 3.8) is 0 Å². The Balaban J connectivity index is 1.12. The molecule has 412 valence electrons. The fourth-order valence-electron chi connectivity index (χ4n) is 9.55. The zero-order chi connectivity index (χ0) is 56.5. The van der Waals surface area contributed by atoms with E-state index in [4.69, 9.17) is 9.47 Å². The van der Waals surface area contributed by atoms with Crippen molar-refractivity contribution < 1.29 is 43.3 Å². The Kier molecular flexibility index (Phi) is 20.5. The van der Waals surface area contributed by atoms with Crippen LogP contribution in [0, 0.1) is 0 Å². The van der Waals surface area contributed by atoms with E-state index in [2.05, 4.69) is 52.3 Å². The average Bonchev–Trinajstić information content (AvgIpc) is 4.29. The van der Waals surface area contributed by atoms with Crippen LogP contribution in [0.15, 0.2) is 194 Å². The Bertz CT molecular complexity index is 2800. The first-order valence-electron chi connectivity index (χ1n) is 26.5. The van der Waals surface area contributed by atoms with Crippen LogP contribution >= 0.6 is 23.5 Å². The van der Waals surface area contributed by atoms with Crippen LogP contribution in [0.25, 0.3) is 0 Å². The first kappa shape index (κ1) is 59.2. The van der Waals surface area contributed by atoms with E-state index in [0.717, 1.165) is 45.4 Å². The van der Waals surface area contributed by atoms with E-state index in [0.29, 0.717) is 12.2 Å². The predicted molar refractivity (Wildman–Crippen MR) is 312 cm³/mol. The summed E-state index contributed by atoms with van der Waals surface area (Å²) in [6, 6.07) is 57.7. The lowest BCUT2D eigenvalue weighted by atomic mass is 9.84. The largest absolute Gasteiger partial charge is 0.460 e. The van der Waals surface area contributed by atoms with E-state index < -0.39 is 80.9 Å². The molecule has 1 aliphatic carbocycles. The number of imide groups is 1. The summed E-state index contributed by atoms with van der Waals surface area (Å²) in [5.74, 6) is -2.86. The fraction of sp³-hybridized carbons (Fsp3) is 0.312. The molecule has 15 heteroatoms. The molecule has 0 spiro atoms. The quantitative estimate of drug-likeness (QED) is 0.0185. The number of hydrogen-bond acceptors (Lipinski definition) is 11. The summed E-state index contributed by atoms with van der Waals surface area (Å²) in [7, 11) is 2.42. The number of benzene rings is 6. The van der Waals surface area contributed by atoms with Gasteiger partial charge in [-0.05, 0) is 85.6 Å². The van der Waals surface area contributed by atoms with Gasteiger partial charge in [-0.25, -0.2) is 9.69 Å². The van der Waals surface area contributed by atoms with Crippen LogP contribution in [-0.2, 0) is 42.9 Å². The second-order valence-corrected chi connectivity index (χ2v) is 23.0. The number of rotatable bonds is 25. The molecule has 0 radical (unpaired) electrons. The first-order chi connectivity index (χ1) is 38.0. The van der Waals surface area contributed by atoms with Crippen molar-refractivity contribution in [3.05, 3.63) is 228 Å². The molecular weight excluding hydrogens is 1030 g/mol. The first-order valence-corrected chi connectivity index (χ1v) is 28.4. The maximum Gasteiger partial charge on any atom is 0.416 e. The summed E-state index contributed by atoms with van der Waals surface area (Å²) in [5, 5.41) is 19.8. The number of amides is 5. The van der Waals surface area contributed by atoms with Gasteiger partial charge in [0.15, 0.2) is 0 Å². The number of carbonyl (C=O) groups is 6. The van der Waals surface area contributed by atoms with Crippen LogP contribution in [0.4, 0.5) is 4.79 Å². The molecule has 7 rings (SSSR count). The molecule has 1 fully saturated rings. The van der Waals surface area contributed by atoms with Crippen LogP contribution in [0.1, 0.15) is 92.7 Å². The average molecular weight is 1100 g/mol. The molecule has 0 heterocycles. The molecule has 0 aromatic heterocycles. The number of aliphatic hydroxyl groups is 1. The molecule has 6 aromatic rings. The maximum atomic E-state index is 14.8. The minimum atomic E-state index is -1.44. The third-order valence-corrected chi connectivity index (χ3v) is 16.7. The lowest BCUT2D eigenvalue weighted by molar-refractivity contribution is -0.155. The maximum absolute atomic E-state index is 14.8. The number of allylic oxidation sites excluding steroid dienone is 1. The SMILES string of the molecule is COC(=O)N(C)C(=O)C1(NC(=O)[C@@H](CSC(c2ccccc2)(c2ccccc2)c2ccccc2)NC(=O)[C@@H](CCC(=O)OC(C)(C)C)NC(=O)C[C@H](O)C=CCCSC(c2ccccc2)(c2ccccc2)c2ccccc2)CC1. The highest BCUT2D eigenvalue weighted by molar-refractivity contribution is 8.00. The van der Waals surface area contributed by atoms with Gasteiger partial charge in [0, 0.05) is 19.2 Å². The lowest BCUT2D eigenvalue weighted by Gasteiger charge is -2.37. The van der Waals surface area contributed by atoms with Gasteiger partial charge >= 0.3 is 12.1 Å². The number of carbonyl (C=O) groups excluding carboxylic acids is 6.